The van der Waals surface area contributed by atoms with Crippen LogP contribution in [0.3, 0.4) is 0 Å². The predicted molar refractivity (Wildman–Crippen MR) is 123 cm³/mol. The highest BCUT2D eigenvalue weighted by molar-refractivity contribution is 6.32. The van der Waals surface area contributed by atoms with Crippen molar-refractivity contribution in [3.63, 3.8) is 0 Å². The number of alkyl halides is 1. The van der Waals surface area contributed by atoms with Gasteiger partial charge in [0.1, 0.15) is 5.84 Å². The van der Waals surface area contributed by atoms with Crippen molar-refractivity contribution < 1.29 is 14.3 Å². The van der Waals surface area contributed by atoms with Crippen LogP contribution in [0.4, 0.5) is 15.3 Å². The third kappa shape index (κ3) is 5.77. The zero-order valence-corrected chi connectivity index (χ0v) is 18.7. The number of carbonyl (C=O) groups is 2. The summed E-state index contributed by atoms with van der Waals surface area (Å²) in [4.78, 5) is 32.1. The van der Waals surface area contributed by atoms with E-state index in [0.29, 0.717) is 55.4 Å². The Balaban J connectivity index is 1.74. The Morgan fingerprint density at radius 2 is 1.97 bits per heavy atom. The van der Waals surface area contributed by atoms with Gasteiger partial charge in [-0.05, 0) is 50.1 Å². The number of allylic oxidation sites excluding steroid dienone is 1. The van der Waals surface area contributed by atoms with Crippen molar-refractivity contribution in [2.75, 3.05) is 31.1 Å². The number of hydrogen-bond acceptors (Lipinski definition) is 5. The molecule has 1 fully saturated rings. The first-order valence-corrected chi connectivity index (χ1v) is 10.9. The molecule has 10 heteroatoms. The summed E-state index contributed by atoms with van der Waals surface area (Å²) in [6.45, 7) is 3.43. The molecule has 1 unspecified atom stereocenters. The second kappa shape index (κ2) is 10.6. The molecule has 2 N–H and O–H groups in total. The van der Waals surface area contributed by atoms with E-state index in [4.69, 9.17) is 33.3 Å². The number of nitrogens with one attached hydrogen (secondary N) is 2. The van der Waals surface area contributed by atoms with Crippen molar-refractivity contribution in [1.82, 2.24) is 10.2 Å². The Kier molecular flexibility index (Phi) is 7.92. The van der Waals surface area contributed by atoms with E-state index >= 15 is 0 Å². The first kappa shape index (κ1) is 23.1. The van der Waals surface area contributed by atoms with Crippen LogP contribution < -0.4 is 10.2 Å². The molecule has 0 aliphatic carbocycles. The van der Waals surface area contributed by atoms with E-state index in [-0.39, 0.29) is 18.0 Å². The third-order valence-corrected chi connectivity index (χ3v) is 5.72. The van der Waals surface area contributed by atoms with Crippen LogP contribution in [0.15, 0.2) is 40.9 Å². The minimum atomic E-state index is -0.493. The topological polar surface area (TPSA) is 98.1 Å². The first-order chi connectivity index (χ1) is 14.9. The second-order valence-electron chi connectivity index (χ2n) is 7.17. The fourth-order valence-electron chi connectivity index (χ4n) is 3.44. The first-order valence-electron chi connectivity index (χ1n) is 10.1. The zero-order valence-electron chi connectivity index (χ0n) is 17.2. The minimum absolute atomic E-state index is 0.0186. The van der Waals surface area contributed by atoms with Crippen molar-refractivity contribution in [3.8, 4) is 0 Å². The number of aliphatic imine (C=N–C) groups is 1. The molecule has 0 saturated carbocycles. The van der Waals surface area contributed by atoms with E-state index in [9.17, 15) is 9.59 Å². The van der Waals surface area contributed by atoms with E-state index in [2.05, 4.69) is 10.3 Å². The molecule has 0 aromatic heterocycles. The lowest BCUT2D eigenvalue weighted by molar-refractivity contribution is 0.0958. The number of hydrogen-bond donors (Lipinski definition) is 2. The Morgan fingerprint density at radius 1 is 1.29 bits per heavy atom. The molecule has 2 heterocycles. The summed E-state index contributed by atoms with van der Waals surface area (Å²) >= 11 is 12.4. The number of halogens is 2. The molecule has 31 heavy (non-hydrogen) atoms. The smallest absolute Gasteiger partial charge is 0.409 e. The van der Waals surface area contributed by atoms with Gasteiger partial charge >= 0.3 is 12.1 Å². The molecule has 2 aliphatic rings. The monoisotopic (exact) mass is 465 g/mol. The van der Waals surface area contributed by atoms with Gasteiger partial charge in [0.2, 0.25) is 0 Å². The van der Waals surface area contributed by atoms with Crippen LogP contribution >= 0.6 is 23.2 Å². The fraction of sp³-hybridized carbons (Fsp3) is 0.429. The molecule has 1 aromatic rings. The molecule has 0 bridgehead atoms. The zero-order chi connectivity index (χ0) is 22.4. The van der Waals surface area contributed by atoms with E-state index in [1.807, 2.05) is 0 Å². The number of rotatable bonds is 4. The average Bonchev–Trinajstić information content (AvgIpc) is 2.76. The number of likely N-dealkylation sites (tertiary alicyclic amines) is 1. The number of urea groups is 1. The van der Waals surface area contributed by atoms with Crippen LogP contribution in [0, 0.1) is 5.41 Å². The van der Waals surface area contributed by atoms with Crippen LogP contribution in [0.25, 0.3) is 0 Å². The van der Waals surface area contributed by atoms with Gasteiger partial charge in [-0.3, -0.25) is 10.4 Å². The summed E-state index contributed by atoms with van der Waals surface area (Å²) in [5.41, 5.74) is 1.02. The lowest BCUT2D eigenvalue weighted by atomic mass is 10.1. The maximum atomic E-state index is 13.2. The number of anilines is 1. The molecule has 0 radical (unpaired) electrons. The molecular weight excluding hydrogens is 441 g/mol. The summed E-state index contributed by atoms with van der Waals surface area (Å²) in [6.07, 6.45) is 4.10. The van der Waals surface area contributed by atoms with Crippen molar-refractivity contribution in [2.45, 2.75) is 31.2 Å². The largest absolute Gasteiger partial charge is 0.450 e. The van der Waals surface area contributed by atoms with Gasteiger partial charge in [0.05, 0.1) is 24.2 Å². The predicted octanol–water partition coefficient (Wildman–Crippen LogP) is 4.07. The Hall–Kier alpha value is -2.58. The van der Waals surface area contributed by atoms with Crippen molar-refractivity contribution in [3.05, 3.63) is 40.9 Å². The number of amides is 3. The molecular formula is C21H25Cl2N5O3. The summed E-state index contributed by atoms with van der Waals surface area (Å²) in [7, 11) is 0. The van der Waals surface area contributed by atoms with Crippen LogP contribution in [-0.2, 0) is 4.74 Å². The number of nitrogens with zero attached hydrogens (tertiary/aromatic N) is 3. The third-order valence-electron chi connectivity index (χ3n) is 5.10. The molecule has 0 spiro atoms. The van der Waals surface area contributed by atoms with Crippen molar-refractivity contribution in [1.29, 1.82) is 5.41 Å². The van der Waals surface area contributed by atoms with Crippen molar-refractivity contribution >= 4 is 53.1 Å². The van der Waals surface area contributed by atoms with Crippen LogP contribution in [0.2, 0.25) is 5.02 Å². The van der Waals surface area contributed by atoms with Gasteiger partial charge in [0, 0.05) is 35.9 Å². The molecule has 1 aromatic carbocycles. The number of ether oxygens (including phenoxy) is 1. The number of amidine groups is 1. The quantitative estimate of drug-likeness (QED) is 0.398. The Labute approximate surface area is 191 Å². The molecule has 2 aliphatic heterocycles. The van der Waals surface area contributed by atoms with E-state index in [1.165, 1.54) is 4.90 Å². The number of benzene rings is 1. The van der Waals surface area contributed by atoms with E-state index < -0.39 is 11.4 Å². The Bertz CT molecular complexity index is 880. The molecule has 3 amide bonds. The van der Waals surface area contributed by atoms with Gasteiger partial charge in [-0.25, -0.2) is 14.5 Å². The molecule has 3 rings (SSSR count). The lowest BCUT2D eigenvalue weighted by Crippen LogP contribution is -2.52. The number of piperidine rings is 1. The second-order valence-corrected chi connectivity index (χ2v) is 8.14. The highest BCUT2D eigenvalue weighted by Crippen LogP contribution is 2.24. The van der Waals surface area contributed by atoms with Gasteiger partial charge in [0.15, 0.2) is 0 Å². The van der Waals surface area contributed by atoms with E-state index in [0.717, 1.165) is 0 Å². The molecule has 1 atom stereocenters. The maximum absolute atomic E-state index is 13.2. The van der Waals surface area contributed by atoms with Crippen LogP contribution in [-0.4, -0.2) is 66.7 Å². The van der Waals surface area contributed by atoms with E-state index in [1.54, 1.807) is 48.4 Å². The Morgan fingerprint density at radius 3 is 2.58 bits per heavy atom. The summed E-state index contributed by atoms with van der Waals surface area (Å²) in [5.74, 6) is -0.0186. The summed E-state index contributed by atoms with van der Waals surface area (Å²) < 4.78 is 5.04. The normalized spacial score (nSPS) is 18.9. The lowest BCUT2D eigenvalue weighted by Gasteiger charge is -2.33. The van der Waals surface area contributed by atoms with Gasteiger partial charge in [-0.2, -0.15) is 0 Å². The standard InChI is InChI=1S/C21H25Cl2N5O3/c1-2-31-21(30)27-11-8-15(9-12-27)26-20(29)28(16-5-3-14(22)4-6-16)19(24)17-7-10-25-13-18(17)23/h3-7,10,15,18,24H,2,8-9,11-13H2,1H3,(H,26,29). The maximum Gasteiger partial charge on any atom is 0.409 e. The van der Waals surface area contributed by atoms with Crippen molar-refractivity contribution in [2.24, 2.45) is 4.99 Å². The molecule has 8 nitrogen and oxygen atoms in total. The van der Waals surface area contributed by atoms with Gasteiger partial charge in [0.25, 0.3) is 0 Å². The summed E-state index contributed by atoms with van der Waals surface area (Å²) in [5, 5.41) is 11.7. The summed E-state index contributed by atoms with van der Waals surface area (Å²) in [6, 6.07) is 6.12. The number of dihydropyridines is 1. The average molecular weight is 466 g/mol. The molecule has 1 saturated heterocycles. The minimum Gasteiger partial charge on any atom is -0.450 e. The van der Waals surface area contributed by atoms with Crippen LogP contribution in [0.5, 0.6) is 0 Å². The van der Waals surface area contributed by atoms with Crippen LogP contribution in [0.1, 0.15) is 19.8 Å². The SMILES string of the molecule is CCOC(=O)N1CCC(NC(=O)N(C(=N)C2=CC=NCC2Cl)c2ccc(Cl)cc2)CC1. The fourth-order valence-corrected chi connectivity index (χ4v) is 3.83. The van der Waals surface area contributed by atoms with Gasteiger partial charge in [-0.15, -0.1) is 11.6 Å². The number of carbonyl (C=O) groups excluding carboxylic acids is 2. The molecule has 166 valence electrons. The highest BCUT2D eigenvalue weighted by Gasteiger charge is 2.30. The van der Waals surface area contributed by atoms with Gasteiger partial charge < -0.3 is 15.0 Å². The highest BCUT2D eigenvalue weighted by atomic mass is 35.5. The van der Waals surface area contributed by atoms with Gasteiger partial charge in [-0.1, -0.05) is 11.6 Å².